The van der Waals surface area contributed by atoms with Crippen molar-refractivity contribution >= 4 is 12.0 Å². The van der Waals surface area contributed by atoms with Crippen molar-refractivity contribution in [3.8, 4) is 11.5 Å². The third kappa shape index (κ3) is 3.61. The fourth-order valence-corrected chi connectivity index (χ4v) is 2.52. The molecule has 1 aliphatic rings. The molecule has 0 saturated heterocycles. The van der Waals surface area contributed by atoms with E-state index >= 15 is 0 Å². The predicted octanol–water partition coefficient (Wildman–Crippen LogP) is 2.28. The van der Waals surface area contributed by atoms with Crippen LogP contribution in [-0.4, -0.2) is 32.8 Å². The average Bonchev–Trinajstić information content (AvgIpc) is 2.58. The van der Waals surface area contributed by atoms with Gasteiger partial charge in [-0.2, -0.15) is 0 Å². The molecule has 2 N–H and O–H groups in total. The molecule has 0 spiro atoms. The Morgan fingerprint density at radius 2 is 1.92 bits per heavy atom. The van der Waals surface area contributed by atoms with Crippen molar-refractivity contribution in [1.82, 2.24) is 10.6 Å². The number of allylic oxidation sites excluding steroid dienone is 1. The first kappa shape index (κ1) is 17.7. The zero-order chi connectivity index (χ0) is 17.7. The van der Waals surface area contributed by atoms with Crippen molar-refractivity contribution in [3.63, 3.8) is 0 Å². The first-order valence-corrected chi connectivity index (χ1v) is 7.69. The number of benzene rings is 1. The molecule has 1 aromatic carbocycles. The van der Waals surface area contributed by atoms with E-state index in [0.29, 0.717) is 34.9 Å². The fraction of sp³-hybridized carbons (Fsp3) is 0.412. The molecule has 1 atom stereocenters. The Kier molecular flexibility index (Phi) is 5.68. The molecular weight excluding hydrogens is 312 g/mol. The number of carbonyl (C=O) groups is 2. The molecule has 0 bridgehead atoms. The second-order valence-electron chi connectivity index (χ2n) is 5.32. The summed E-state index contributed by atoms with van der Waals surface area (Å²) in [7, 11) is 3.07. The number of methoxy groups -OCH3 is 2. The summed E-state index contributed by atoms with van der Waals surface area (Å²) in [5.74, 6) is 0.626. The van der Waals surface area contributed by atoms with E-state index < -0.39 is 12.0 Å². The zero-order valence-electron chi connectivity index (χ0n) is 14.3. The molecule has 0 aromatic heterocycles. The Hall–Kier alpha value is -2.70. The SMILES string of the molecule is CCCOC(=O)C1=C(C)NC(=O)N[C@H]1c1ccc(OC)c(OC)c1. The first-order chi connectivity index (χ1) is 11.5. The van der Waals surface area contributed by atoms with E-state index in [4.69, 9.17) is 14.2 Å². The highest BCUT2D eigenvalue weighted by Crippen LogP contribution is 2.34. The van der Waals surface area contributed by atoms with Crippen LogP contribution in [0.4, 0.5) is 4.79 Å². The molecule has 1 heterocycles. The minimum atomic E-state index is -0.622. The number of amides is 2. The standard InChI is InChI=1S/C17H22N2O5/c1-5-8-24-16(20)14-10(2)18-17(21)19-15(14)11-6-7-12(22-3)13(9-11)23-4/h6-7,9,15H,5,8H2,1-4H3,(H2,18,19,21)/t15-/m0/s1. The second-order valence-corrected chi connectivity index (χ2v) is 5.32. The molecule has 7 nitrogen and oxygen atoms in total. The maximum absolute atomic E-state index is 12.4. The lowest BCUT2D eigenvalue weighted by Gasteiger charge is -2.28. The van der Waals surface area contributed by atoms with E-state index in [2.05, 4.69) is 10.6 Å². The van der Waals surface area contributed by atoms with E-state index in [-0.39, 0.29) is 6.03 Å². The number of urea groups is 1. The van der Waals surface area contributed by atoms with Crippen LogP contribution in [0.15, 0.2) is 29.5 Å². The van der Waals surface area contributed by atoms with Crippen molar-refractivity contribution in [1.29, 1.82) is 0 Å². The van der Waals surface area contributed by atoms with Crippen LogP contribution >= 0.6 is 0 Å². The van der Waals surface area contributed by atoms with E-state index in [0.717, 1.165) is 6.42 Å². The Morgan fingerprint density at radius 3 is 2.54 bits per heavy atom. The minimum Gasteiger partial charge on any atom is -0.493 e. The van der Waals surface area contributed by atoms with Gasteiger partial charge in [0.15, 0.2) is 11.5 Å². The van der Waals surface area contributed by atoms with E-state index in [9.17, 15) is 9.59 Å². The number of carbonyl (C=O) groups excluding carboxylic acids is 2. The van der Waals surface area contributed by atoms with Crippen LogP contribution in [0.2, 0.25) is 0 Å². The third-order valence-electron chi connectivity index (χ3n) is 3.67. The van der Waals surface area contributed by atoms with Crippen LogP contribution in [0, 0.1) is 0 Å². The van der Waals surface area contributed by atoms with Gasteiger partial charge in [0.1, 0.15) is 0 Å². The highest BCUT2D eigenvalue weighted by molar-refractivity contribution is 5.95. The van der Waals surface area contributed by atoms with Crippen LogP contribution in [0.1, 0.15) is 31.9 Å². The Morgan fingerprint density at radius 1 is 1.21 bits per heavy atom. The maximum atomic E-state index is 12.4. The van der Waals surface area contributed by atoms with Gasteiger partial charge >= 0.3 is 12.0 Å². The van der Waals surface area contributed by atoms with E-state index in [1.54, 1.807) is 32.2 Å². The highest BCUT2D eigenvalue weighted by Gasteiger charge is 2.32. The van der Waals surface area contributed by atoms with Gasteiger partial charge in [-0.25, -0.2) is 9.59 Å². The summed E-state index contributed by atoms with van der Waals surface area (Å²) in [4.78, 5) is 24.3. The number of ether oxygens (including phenoxy) is 3. The van der Waals surface area contributed by atoms with E-state index in [1.807, 2.05) is 6.92 Å². The molecule has 2 amide bonds. The number of hydrogen-bond acceptors (Lipinski definition) is 5. The van der Waals surface area contributed by atoms with Crippen LogP contribution in [0.5, 0.6) is 11.5 Å². The van der Waals surface area contributed by atoms with Crippen molar-refractivity contribution in [3.05, 3.63) is 35.0 Å². The minimum absolute atomic E-state index is 0.322. The quantitative estimate of drug-likeness (QED) is 0.780. The summed E-state index contributed by atoms with van der Waals surface area (Å²) >= 11 is 0. The lowest BCUT2D eigenvalue weighted by Crippen LogP contribution is -2.45. The molecular formula is C17H22N2O5. The maximum Gasteiger partial charge on any atom is 0.338 e. The first-order valence-electron chi connectivity index (χ1n) is 7.69. The van der Waals surface area contributed by atoms with Gasteiger partial charge in [0.2, 0.25) is 0 Å². The van der Waals surface area contributed by atoms with Crippen LogP contribution in [0.25, 0.3) is 0 Å². The molecule has 0 saturated carbocycles. The van der Waals surface area contributed by atoms with Crippen molar-refractivity contribution < 1.29 is 23.8 Å². The zero-order valence-corrected chi connectivity index (χ0v) is 14.3. The molecule has 0 radical (unpaired) electrons. The number of hydrogen-bond donors (Lipinski definition) is 2. The van der Waals surface area contributed by atoms with Gasteiger partial charge in [-0.05, 0) is 31.0 Å². The summed E-state index contributed by atoms with van der Waals surface area (Å²) < 4.78 is 15.8. The van der Waals surface area contributed by atoms with Crippen LogP contribution in [0.3, 0.4) is 0 Å². The average molecular weight is 334 g/mol. The Balaban J connectivity index is 2.43. The summed E-state index contributed by atoms with van der Waals surface area (Å²) in [6.07, 6.45) is 0.721. The molecule has 0 aliphatic carbocycles. The van der Waals surface area contributed by atoms with Gasteiger partial charge in [0.25, 0.3) is 0 Å². The van der Waals surface area contributed by atoms with Gasteiger partial charge in [-0.15, -0.1) is 0 Å². The largest absolute Gasteiger partial charge is 0.493 e. The van der Waals surface area contributed by atoms with E-state index in [1.165, 1.54) is 7.11 Å². The number of nitrogens with one attached hydrogen (secondary N) is 2. The normalized spacial score (nSPS) is 17.0. The molecule has 130 valence electrons. The Labute approximate surface area is 141 Å². The van der Waals surface area contributed by atoms with Crippen molar-refractivity contribution in [2.24, 2.45) is 0 Å². The molecule has 0 fully saturated rings. The number of rotatable bonds is 6. The predicted molar refractivity (Wildman–Crippen MR) is 87.9 cm³/mol. The molecule has 0 unspecified atom stereocenters. The molecule has 1 aliphatic heterocycles. The summed E-state index contributed by atoms with van der Waals surface area (Å²) in [6, 6.07) is 4.24. The van der Waals surface area contributed by atoms with Crippen molar-refractivity contribution in [2.75, 3.05) is 20.8 Å². The van der Waals surface area contributed by atoms with Crippen molar-refractivity contribution in [2.45, 2.75) is 26.3 Å². The number of esters is 1. The lowest BCUT2D eigenvalue weighted by molar-refractivity contribution is -0.139. The van der Waals surface area contributed by atoms with Gasteiger partial charge in [0.05, 0.1) is 32.4 Å². The third-order valence-corrected chi connectivity index (χ3v) is 3.67. The smallest absolute Gasteiger partial charge is 0.338 e. The molecule has 7 heteroatoms. The summed E-state index contributed by atoms with van der Waals surface area (Å²) in [5, 5.41) is 5.36. The summed E-state index contributed by atoms with van der Waals surface area (Å²) in [6.45, 7) is 3.92. The van der Waals surface area contributed by atoms with Crippen LogP contribution in [-0.2, 0) is 9.53 Å². The second kappa shape index (κ2) is 7.72. The monoisotopic (exact) mass is 334 g/mol. The Bertz CT molecular complexity index is 669. The highest BCUT2D eigenvalue weighted by atomic mass is 16.5. The van der Waals surface area contributed by atoms with Crippen LogP contribution < -0.4 is 20.1 Å². The van der Waals surface area contributed by atoms with Gasteiger partial charge in [0, 0.05) is 5.70 Å². The van der Waals surface area contributed by atoms with Gasteiger partial charge < -0.3 is 24.8 Å². The van der Waals surface area contributed by atoms with Gasteiger partial charge in [-0.1, -0.05) is 13.0 Å². The molecule has 2 rings (SSSR count). The fourth-order valence-electron chi connectivity index (χ4n) is 2.52. The topological polar surface area (TPSA) is 85.9 Å². The summed E-state index contributed by atoms with van der Waals surface area (Å²) in [5.41, 5.74) is 1.54. The molecule has 24 heavy (non-hydrogen) atoms. The van der Waals surface area contributed by atoms with Gasteiger partial charge in [-0.3, -0.25) is 0 Å². The molecule has 1 aromatic rings. The lowest BCUT2D eigenvalue weighted by atomic mass is 9.95.